The molecule has 0 aliphatic carbocycles. The summed E-state index contributed by atoms with van der Waals surface area (Å²) < 4.78 is 0. The summed E-state index contributed by atoms with van der Waals surface area (Å²) in [4.78, 5) is 12.3. The Kier molecular flexibility index (Phi) is 4.91. The maximum atomic E-state index is 12.3. The zero-order chi connectivity index (χ0) is 14.4. The molecule has 0 aromatic heterocycles. The molecule has 2 aromatic rings. The quantitative estimate of drug-likeness (QED) is 0.874. The van der Waals surface area contributed by atoms with Crippen molar-refractivity contribution in [1.82, 2.24) is 5.32 Å². The largest absolute Gasteiger partial charge is 0.325 e. The van der Waals surface area contributed by atoms with Crippen LogP contribution in [0.1, 0.15) is 24.0 Å². The molecule has 0 saturated carbocycles. The van der Waals surface area contributed by atoms with Crippen LogP contribution in [0.25, 0.3) is 0 Å². The minimum absolute atomic E-state index is 0.0137. The molecule has 2 aromatic carbocycles. The van der Waals surface area contributed by atoms with Crippen molar-refractivity contribution in [2.45, 2.75) is 19.4 Å². The Morgan fingerprint density at radius 2 is 1.70 bits per heavy atom. The Morgan fingerprint density at radius 1 is 1.05 bits per heavy atom. The Balaban J connectivity index is 2.12. The van der Waals surface area contributed by atoms with Crippen molar-refractivity contribution in [2.24, 2.45) is 0 Å². The third-order valence-electron chi connectivity index (χ3n) is 3.34. The number of hydrogen-bond donors (Lipinski definition) is 2. The first-order chi connectivity index (χ1) is 9.72. The smallest absolute Gasteiger partial charge is 0.231 e. The first kappa shape index (κ1) is 14.3. The second-order valence-electron chi connectivity index (χ2n) is 4.81. The molecular weight excluding hydrogens is 248 g/mol. The summed E-state index contributed by atoms with van der Waals surface area (Å²) in [6.45, 7) is 2.65. The van der Waals surface area contributed by atoms with E-state index in [4.69, 9.17) is 0 Å². The highest BCUT2D eigenvalue weighted by Crippen LogP contribution is 2.20. The molecule has 1 unspecified atom stereocenters. The fraction of sp³-hybridized carbons (Fsp3) is 0.235. The normalized spacial score (nSPS) is 11.9. The van der Waals surface area contributed by atoms with E-state index in [9.17, 15) is 4.79 Å². The molecule has 1 atom stereocenters. The van der Waals surface area contributed by atoms with Crippen LogP contribution in [0.3, 0.4) is 0 Å². The highest BCUT2D eigenvalue weighted by molar-refractivity contribution is 5.96. The van der Waals surface area contributed by atoms with Crippen molar-refractivity contribution in [3.05, 3.63) is 65.7 Å². The lowest BCUT2D eigenvalue weighted by molar-refractivity contribution is -0.117. The molecule has 20 heavy (non-hydrogen) atoms. The van der Waals surface area contributed by atoms with Gasteiger partial charge >= 0.3 is 0 Å². The van der Waals surface area contributed by atoms with E-state index in [1.807, 2.05) is 68.6 Å². The van der Waals surface area contributed by atoms with Crippen molar-refractivity contribution in [3.63, 3.8) is 0 Å². The van der Waals surface area contributed by atoms with E-state index >= 15 is 0 Å². The van der Waals surface area contributed by atoms with Gasteiger partial charge in [0.15, 0.2) is 0 Å². The number of anilines is 1. The topological polar surface area (TPSA) is 41.1 Å². The van der Waals surface area contributed by atoms with Gasteiger partial charge in [0.2, 0.25) is 5.91 Å². The maximum Gasteiger partial charge on any atom is 0.231 e. The SMILES string of the molecule is CNCc1ccccc1NC(=O)C(C)c1ccccc1. The summed E-state index contributed by atoms with van der Waals surface area (Å²) in [6.07, 6.45) is 0. The van der Waals surface area contributed by atoms with Gasteiger partial charge in [-0.1, -0.05) is 48.5 Å². The fourth-order valence-corrected chi connectivity index (χ4v) is 2.12. The predicted octanol–water partition coefficient (Wildman–Crippen LogP) is 3.15. The maximum absolute atomic E-state index is 12.3. The van der Waals surface area contributed by atoms with Crippen molar-refractivity contribution in [2.75, 3.05) is 12.4 Å². The van der Waals surface area contributed by atoms with Gasteiger partial charge in [-0.05, 0) is 31.2 Å². The molecular formula is C17H20N2O. The van der Waals surface area contributed by atoms with Gasteiger partial charge in [-0.15, -0.1) is 0 Å². The zero-order valence-electron chi connectivity index (χ0n) is 11.9. The molecule has 0 saturated heterocycles. The Labute approximate surface area is 120 Å². The molecule has 0 spiro atoms. The number of benzene rings is 2. The van der Waals surface area contributed by atoms with Crippen LogP contribution in [0.4, 0.5) is 5.69 Å². The highest BCUT2D eigenvalue weighted by Gasteiger charge is 2.15. The van der Waals surface area contributed by atoms with E-state index < -0.39 is 0 Å². The molecule has 0 bridgehead atoms. The molecule has 0 aliphatic heterocycles. The molecule has 1 amide bonds. The van der Waals surface area contributed by atoms with E-state index in [2.05, 4.69) is 10.6 Å². The number of rotatable bonds is 5. The Hall–Kier alpha value is -2.13. The van der Waals surface area contributed by atoms with Gasteiger partial charge in [-0.2, -0.15) is 0 Å². The van der Waals surface area contributed by atoms with Gasteiger partial charge in [0.1, 0.15) is 0 Å². The van der Waals surface area contributed by atoms with E-state index in [-0.39, 0.29) is 11.8 Å². The average Bonchev–Trinajstić information content (AvgIpc) is 2.49. The highest BCUT2D eigenvalue weighted by atomic mass is 16.1. The Morgan fingerprint density at radius 3 is 2.40 bits per heavy atom. The number of hydrogen-bond acceptors (Lipinski definition) is 2. The third kappa shape index (κ3) is 3.45. The average molecular weight is 268 g/mol. The predicted molar refractivity (Wildman–Crippen MR) is 82.7 cm³/mol. The van der Waals surface area contributed by atoms with Crippen molar-refractivity contribution < 1.29 is 4.79 Å². The summed E-state index contributed by atoms with van der Waals surface area (Å²) in [5, 5.41) is 6.12. The van der Waals surface area contributed by atoms with Crippen LogP contribution in [-0.2, 0) is 11.3 Å². The molecule has 0 radical (unpaired) electrons. The van der Waals surface area contributed by atoms with Crippen LogP contribution < -0.4 is 10.6 Å². The van der Waals surface area contributed by atoms with Gasteiger partial charge in [-0.25, -0.2) is 0 Å². The van der Waals surface area contributed by atoms with Gasteiger partial charge in [0.25, 0.3) is 0 Å². The van der Waals surface area contributed by atoms with Gasteiger partial charge in [-0.3, -0.25) is 4.79 Å². The third-order valence-corrected chi connectivity index (χ3v) is 3.34. The minimum atomic E-state index is -0.168. The van der Waals surface area contributed by atoms with Crippen molar-refractivity contribution in [1.29, 1.82) is 0 Å². The van der Waals surface area contributed by atoms with Crippen LogP contribution in [0.15, 0.2) is 54.6 Å². The first-order valence-electron chi connectivity index (χ1n) is 6.80. The molecule has 2 N–H and O–H groups in total. The van der Waals surface area contributed by atoms with Crippen LogP contribution in [0.5, 0.6) is 0 Å². The number of nitrogens with one attached hydrogen (secondary N) is 2. The second-order valence-corrected chi connectivity index (χ2v) is 4.81. The summed E-state index contributed by atoms with van der Waals surface area (Å²) in [6, 6.07) is 17.7. The van der Waals surface area contributed by atoms with E-state index in [0.717, 1.165) is 23.4 Å². The summed E-state index contributed by atoms with van der Waals surface area (Å²) in [5.41, 5.74) is 2.98. The number of para-hydroxylation sites is 1. The molecule has 0 aliphatic rings. The number of carbonyl (C=O) groups excluding carboxylic acids is 1. The van der Waals surface area contributed by atoms with Crippen molar-refractivity contribution >= 4 is 11.6 Å². The van der Waals surface area contributed by atoms with E-state index in [1.165, 1.54) is 0 Å². The summed E-state index contributed by atoms with van der Waals surface area (Å²) in [7, 11) is 1.89. The first-order valence-corrected chi connectivity index (χ1v) is 6.80. The molecule has 2 rings (SSSR count). The van der Waals surface area contributed by atoms with Crippen molar-refractivity contribution in [3.8, 4) is 0 Å². The zero-order valence-corrected chi connectivity index (χ0v) is 11.9. The lowest BCUT2D eigenvalue weighted by Gasteiger charge is -2.15. The molecule has 104 valence electrons. The summed E-state index contributed by atoms with van der Waals surface area (Å²) >= 11 is 0. The molecule has 3 nitrogen and oxygen atoms in total. The summed E-state index contributed by atoms with van der Waals surface area (Å²) in [5.74, 6) is -0.154. The Bertz CT molecular complexity index is 566. The van der Waals surface area contributed by atoms with Crippen LogP contribution >= 0.6 is 0 Å². The van der Waals surface area contributed by atoms with Gasteiger partial charge in [0, 0.05) is 12.2 Å². The lowest BCUT2D eigenvalue weighted by Crippen LogP contribution is -2.20. The standard InChI is InChI=1S/C17H20N2O/c1-13(14-8-4-3-5-9-14)17(20)19-16-11-7-6-10-15(16)12-18-2/h3-11,13,18H,12H2,1-2H3,(H,19,20). The van der Waals surface area contributed by atoms with E-state index in [0.29, 0.717) is 0 Å². The molecule has 0 fully saturated rings. The number of amides is 1. The number of carbonyl (C=O) groups is 1. The fourth-order valence-electron chi connectivity index (χ4n) is 2.12. The lowest BCUT2D eigenvalue weighted by atomic mass is 10.0. The molecule has 0 heterocycles. The van der Waals surface area contributed by atoms with Gasteiger partial charge < -0.3 is 10.6 Å². The second kappa shape index (κ2) is 6.87. The van der Waals surface area contributed by atoms with E-state index in [1.54, 1.807) is 0 Å². The van der Waals surface area contributed by atoms with Gasteiger partial charge in [0.05, 0.1) is 5.92 Å². The van der Waals surface area contributed by atoms with Crippen LogP contribution in [0.2, 0.25) is 0 Å². The minimum Gasteiger partial charge on any atom is -0.325 e. The van der Waals surface area contributed by atoms with Crippen LogP contribution in [-0.4, -0.2) is 13.0 Å². The molecule has 3 heteroatoms. The monoisotopic (exact) mass is 268 g/mol. The van der Waals surface area contributed by atoms with Crippen LogP contribution in [0, 0.1) is 0 Å².